The Kier molecular flexibility index (Phi) is 5.19. The SMILES string of the molecule is O=C(O)[C@H]1C[C@@H](O)CN1C(=O)NCCC1CCCCO1. The molecule has 0 aromatic rings. The van der Waals surface area contributed by atoms with E-state index in [4.69, 9.17) is 9.84 Å². The van der Waals surface area contributed by atoms with Gasteiger partial charge in [-0.3, -0.25) is 0 Å². The summed E-state index contributed by atoms with van der Waals surface area (Å²) >= 11 is 0. The van der Waals surface area contributed by atoms with Crippen LogP contribution in [0.25, 0.3) is 0 Å². The molecule has 2 aliphatic rings. The zero-order valence-electron chi connectivity index (χ0n) is 11.5. The van der Waals surface area contributed by atoms with Crippen molar-refractivity contribution in [3.05, 3.63) is 0 Å². The fraction of sp³-hybridized carbons (Fsp3) is 0.846. The number of aliphatic hydroxyl groups is 1. The lowest BCUT2D eigenvalue weighted by Gasteiger charge is -2.24. The van der Waals surface area contributed by atoms with E-state index in [9.17, 15) is 14.7 Å². The average molecular weight is 286 g/mol. The van der Waals surface area contributed by atoms with Crippen molar-refractivity contribution >= 4 is 12.0 Å². The summed E-state index contributed by atoms with van der Waals surface area (Å²) in [5.41, 5.74) is 0. The summed E-state index contributed by atoms with van der Waals surface area (Å²) in [6.07, 6.45) is 3.50. The summed E-state index contributed by atoms with van der Waals surface area (Å²) < 4.78 is 5.56. The lowest BCUT2D eigenvalue weighted by atomic mass is 10.1. The van der Waals surface area contributed by atoms with Crippen LogP contribution in [0.1, 0.15) is 32.1 Å². The number of ether oxygens (including phenoxy) is 1. The van der Waals surface area contributed by atoms with E-state index in [2.05, 4.69) is 5.32 Å². The van der Waals surface area contributed by atoms with Crippen molar-refractivity contribution in [2.45, 2.75) is 50.4 Å². The van der Waals surface area contributed by atoms with E-state index in [0.717, 1.165) is 32.3 Å². The fourth-order valence-corrected chi connectivity index (χ4v) is 2.75. The van der Waals surface area contributed by atoms with E-state index in [-0.39, 0.29) is 19.1 Å². The van der Waals surface area contributed by atoms with E-state index >= 15 is 0 Å². The van der Waals surface area contributed by atoms with Gasteiger partial charge in [-0.2, -0.15) is 0 Å². The Bertz CT molecular complexity index is 357. The highest BCUT2D eigenvalue weighted by Gasteiger charge is 2.38. The predicted octanol–water partition coefficient (Wildman–Crippen LogP) is 0.175. The van der Waals surface area contributed by atoms with Crippen molar-refractivity contribution in [2.75, 3.05) is 19.7 Å². The summed E-state index contributed by atoms with van der Waals surface area (Å²) in [5.74, 6) is -1.08. The van der Waals surface area contributed by atoms with Crippen molar-refractivity contribution in [2.24, 2.45) is 0 Å². The fourth-order valence-electron chi connectivity index (χ4n) is 2.75. The molecule has 2 fully saturated rings. The molecule has 2 aliphatic heterocycles. The van der Waals surface area contributed by atoms with Gasteiger partial charge in [0, 0.05) is 26.1 Å². The maximum atomic E-state index is 11.9. The molecule has 3 N–H and O–H groups in total. The van der Waals surface area contributed by atoms with E-state index < -0.39 is 24.1 Å². The molecule has 2 heterocycles. The first-order chi connectivity index (χ1) is 9.58. The number of carbonyl (C=O) groups excluding carboxylic acids is 1. The monoisotopic (exact) mass is 286 g/mol. The van der Waals surface area contributed by atoms with Gasteiger partial charge in [-0.25, -0.2) is 9.59 Å². The first-order valence-electron chi connectivity index (χ1n) is 7.15. The number of aliphatic carboxylic acids is 1. The number of β-amino-alcohol motifs (C(OH)–C–C–N with tert-alkyl or cyclic N) is 1. The van der Waals surface area contributed by atoms with Crippen LogP contribution in [-0.2, 0) is 9.53 Å². The van der Waals surface area contributed by atoms with Crippen LogP contribution in [0, 0.1) is 0 Å². The van der Waals surface area contributed by atoms with E-state index in [1.165, 1.54) is 4.90 Å². The quantitative estimate of drug-likeness (QED) is 0.684. The second-order valence-corrected chi connectivity index (χ2v) is 5.41. The lowest BCUT2D eigenvalue weighted by Crippen LogP contribution is -2.46. The molecule has 2 rings (SSSR count). The van der Waals surface area contributed by atoms with Gasteiger partial charge < -0.3 is 25.2 Å². The van der Waals surface area contributed by atoms with Gasteiger partial charge in [0.15, 0.2) is 0 Å². The highest BCUT2D eigenvalue weighted by molar-refractivity contribution is 5.83. The first kappa shape index (κ1) is 15.1. The molecule has 0 aromatic heterocycles. The number of hydrogen-bond acceptors (Lipinski definition) is 4. The van der Waals surface area contributed by atoms with Crippen LogP contribution in [0.15, 0.2) is 0 Å². The Morgan fingerprint density at radius 2 is 2.15 bits per heavy atom. The number of nitrogens with zero attached hydrogens (tertiary/aromatic N) is 1. The molecule has 114 valence electrons. The number of carboxylic acid groups (broad SMARTS) is 1. The molecule has 7 nitrogen and oxygen atoms in total. The van der Waals surface area contributed by atoms with Gasteiger partial charge in [0.2, 0.25) is 0 Å². The zero-order chi connectivity index (χ0) is 14.5. The molecule has 1 unspecified atom stereocenters. The molecule has 3 atom stereocenters. The summed E-state index contributed by atoms with van der Waals surface area (Å²) in [6, 6.07) is -1.36. The number of urea groups is 1. The smallest absolute Gasteiger partial charge is 0.326 e. The number of rotatable bonds is 4. The number of amides is 2. The molecule has 0 radical (unpaired) electrons. The summed E-state index contributed by atoms with van der Waals surface area (Å²) in [4.78, 5) is 24.2. The van der Waals surface area contributed by atoms with Gasteiger partial charge in [0.25, 0.3) is 0 Å². The predicted molar refractivity (Wildman–Crippen MR) is 70.4 cm³/mol. The highest BCUT2D eigenvalue weighted by atomic mass is 16.5. The Hall–Kier alpha value is -1.34. The van der Waals surface area contributed by atoms with Gasteiger partial charge >= 0.3 is 12.0 Å². The number of aliphatic hydroxyl groups excluding tert-OH is 1. The Labute approximate surface area is 117 Å². The zero-order valence-corrected chi connectivity index (χ0v) is 11.5. The molecule has 2 saturated heterocycles. The van der Waals surface area contributed by atoms with Gasteiger partial charge in [-0.05, 0) is 25.7 Å². The topological polar surface area (TPSA) is 99.1 Å². The average Bonchev–Trinajstić information content (AvgIpc) is 2.82. The van der Waals surface area contributed by atoms with Crippen LogP contribution in [0.2, 0.25) is 0 Å². The Morgan fingerprint density at radius 3 is 2.80 bits per heavy atom. The van der Waals surface area contributed by atoms with Gasteiger partial charge in [0.05, 0.1) is 12.2 Å². The van der Waals surface area contributed by atoms with E-state index in [0.29, 0.717) is 6.54 Å². The minimum atomic E-state index is -1.08. The van der Waals surface area contributed by atoms with Crippen molar-refractivity contribution in [3.63, 3.8) is 0 Å². The number of nitrogens with one attached hydrogen (secondary N) is 1. The second-order valence-electron chi connectivity index (χ2n) is 5.41. The lowest BCUT2D eigenvalue weighted by molar-refractivity contribution is -0.141. The minimum absolute atomic E-state index is 0.0722. The standard InChI is InChI=1S/C13H22N2O5/c16-9-7-11(12(17)18)15(8-9)13(19)14-5-4-10-3-1-2-6-20-10/h9-11,16H,1-8H2,(H,14,19)(H,17,18)/t9-,10?,11-/m1/s1. The van der Waals surface area contributed by atoms with Crippen molar-refractivity contribution in [3.8, 4) is 0 Å². The summed E-state index contributed by atoms with van der Waals surface area (Å²) in [6.45, 7) is 1.31. The highest BCUT2D eigenvalue weighted by Crippen LogP contribution is 2.18. The van der Waals surface area contributed by atoms with Gasteiger partial charge in [-0.1, -0.05) is 0 Å². The summed E-state index contributed by atoms with van der Waals surface area (Å²) in [7, 11) is 0. The molecule has 0 saturated carbocycles. The van der Waals surface area contributed by atoms with Crippen molar-refractivity contribution in [1.29, 1.82) is 0 Å². The summed E-state index contributed by atoms with van der Waals surface area (Å²) in [5, 5.41) is 21.2. The maximum absolute atomic E-state index is 11.9. The van der Waals surface area contributed by atoms with Crippen LogP contribution < -0.4 is 5.32 Å². The molecule has 2 amide bonds. The van der Waals surface area contributed by atoms with Gasteiger partial charge in [0.1, 0.15) is 6.04 Å². The molecular formula is C13H22N2O5. The second kappa shape index (κ2) is 6.90. The number of carbonyl (C=O) groups is 2. The van der Waals surface area contributed by atoms with Crippen molar-refractivity contribution < 1.29 is 24.5 Å². The molecular weight excluding hydrogens is 264 g/mol. The van der Waals surface area contributed by atoms with Gasteiger partial charge in [-0.15, -0.1) is 0 Å². The molecule has 20 heavy (non-hydrogen) atoms. The van der Waals surface area contributed by atoms with Crippen LogP contribution in [0.4, 0.5) is 4.79 Å². The molecule has 0 bridgehead atoms. The Morgan fingerprint density at radius 1 is 1.35 bits per heavy atom. The largest absolute Gasteiger partial charge is 0.480 e. The number of hydrogen-bond donors (Lipinski definition) is 3. The van der Waals surface area contributed by atoms with Crippen LogP contribution >= 0.6 is 0 Å². The third-order valence-electron chi connectivity index (χ3n) is 3.84. The molecule has 0 aliphatic carbocycles. The van der Waals surface area contributed by atoms with Crippen LogP contribution in [0.5, 0.6) is 0 Å². The van der Waals surface area contributed by atoms with Crippen molar-refractivity contribution in [1.82, 2.24) is 10.2 Å². The minimum Gasteiger partial charge on any atom is -0.480 e. The number of likely N-dealkylation sites (tertiary alicyclic amines) is 1. The first-order valence-corrected chi connectivity index (χ1v) is 7.15. The maximum Gasteiger partial charge on any atom is 0.326 e. The van der Waals surface area contributed by atoms with Crippen LogP contribution in [-0.4, -0.2) is 65.1 Å². The normalized spacial score (nSPS) is 30.2. The molecule has 0 spiro atoms. The van der Waals surface area contributed by atoms with E-state index in [1.807, 2.05) is 0 Å². The van der Waals surface area contributed by atoms with Crippen LogP contribution in [0.3, 0.4) is 0 Å². The van der Waals surface area contributed by atoms with E-state index in [1.54, 1.807) is 0 Å². The molecule has 7 heteroatoms. The third kappa shape index (κ3) is 3.83. The Balaban J connectivity index is 1.74. The number of carboxylic acids is 1. The third-order valence-corrected chi connectivity index (χ3v) is 3.84. The molecule has 0 aromatic carbocycles.